The number of methoxy groups -OCH3 is 2. The van der Waals surface area contributed by atoms with Gasteiger partial charge in [-0.1, -0.05) is 12.1 Å². The van der Waals surface area contributed by atoms with E-state index in [1.807, 2.05) is 12.1 Å². The van der Waals surface area contributed by atoms with Gasteiger partial charge in [-0.05, 0) is 49.9 Å². The third-order valence-electron chi connectivity index (χ3n) is 4.55. The van der Waals surface area contributed by atoms with Crippen molar-refractivity contribution < 1.29 is 9.47 Å². The first-order valence-electron chi connectivity index (χ1n) is 7.78. The Labute approximate surface area is 128 Å². The van der Waals surface area contributed by atoms with Crippen molar-refractivity contribution in [3.63, 3.8) is 0 Å². The van der Waals surface area contributed by atoms with Crippen LogP contribution in [0.5, 0.6) is 5.75 Å². The number of likely N-dealkylation sites (tertiary alicyclic amines) is 1. The number of benzene rings is 1. The first-order chi connectivity index (χ1) is 10.2. The van der Waals surface area contributed by atoms with Crippen molar-refractivity contribution in [1.29, 1.82) is 0 Å². The van der Waals surface area contributed by atoms with E-state index in [0.29, 0.717) is 12.0 Å². The van der Waals surface area contributed by atoms with Gasteiger partial charge in [0.15, 0.2) is 0 Å². The van der Waals surface area contributed by atoms with E-state index in [1.54, 1.807) is 14.2 Å². The summed E-state index contributed by atoms with van der Waals surface area (Å²) in [7, 11) is 3.46. The van der Waals surface area contributed by atoms with Crippen LogP contribution in [-0.4, -0.2) is 44.9 Å². The zero-order chi connectivity index (χ0) is 15.2. The van der Waals surface area contributed by atoms with Crippen LogP contribution < -0.4 is 10.5 Å². The molecule has 1 heterocycles. The van der Waals surface area contributed by atoms with Crippen molar-refractivity contribution in [2.75, 3.05) is 33.9 Å². The zero-order valence-corrected chi connectivity index (χ0v) is 13.4. The van der Waals surface area contributed by atoms with E-state index in [0.717, 1.165) is 31.0 Å². The molecule has 1 aromatic carbocycles. The van der Waals surface area contributed by atoms with Gasteiger partial charge in [-0.3, -0.25) is 4.90 Å². The second-order valence-electron chi connectivity index (χ2n) is 6.00. The van der Waals surface area contributed by atoms with Gasteiger partial charge in [-0.2, -0.15) is 0 Å². The average molecular weight is 292 g/mol. The van der Waals surface area contributed by atoms with Crippen LogP contribution in [0.15, 0.2) is 24.3 Å². The predicted molar refractivity (Wildman–Crippen MR) is 85.6 cm³/mol. The van der Waals surface area contributed by atoms with Crippen LogP contribution in [0.4, 0.5) is 0 Å². The summed E-state index contributed by atoms with van der Waals surface area (Å²) in [4.78, 5) is 2.50. The highest BCUT2D eigenvalue weighted by Gasteiger charge is 2.27. The smallest absolute Gasteiger partial charge is 0.118 e. The lowest BCUT2D eigenvalue weighted by molar-refractivity contribution is 0.0656. The van der Waals surface area contributed by atoms with Crippen LogP contribution in [0.1, 0.15) is 31.4 Å². The molecular weight excluding hydrogens is 264 g/mol. The maximum atomic E-state index is 6.47. The molecule has 1 aliphatic heterocycles. The number of piperidine rings is 1. The molecule has 4 nitrogen and oxygen atoms in total. The second kappa shape index (κ2) is 7.78. The van der Waals surface area contributed by atoms with Crippen LogP contribution in [-0.2, 0) is 4.74 Å². The van der Waals surface area contributed by atoms with Crippen molar-refractivity contribution in [2.24, 2.45) is 11.7 Å². The van der Waals surface area contributed by atoms with Gasteiger partial charge in [0.05, 0.1) is 13.7 Å². The average Bonchev–Trinajstić information content (AvgIpc) is 2.54. The van der Waals surface area contributed by atoms with Crippen LogP contribution in [0.2, 0.25) is 0 Å². The highest BCUT2D eigenvalue weighted by molar-refractivity contribution is 5.29. The number of ether oxygens (including phenoxy) is 2. The topological polar surface area (TPSA) is 47.7 Å². The molecule has 3 atom stereocenters. The Morgan fingerprint density at radius 2 is 2.00 bits per heavy atom. The minimum atomic E-state index is 0.0252. The molecule has 0 radical (unpaired) electrons. The van der Waals surface area contributed by atoms with E-state index in [4.69, 9.17) is 15.2 Å². The van der Waals surface area contributed by atoms with Crippen molar-refractivity contribution in [2.45, 2.75) is 31.8 Å². The van der Waals surface area contributed by atoms with Crippen LogP contribution in [0, 0.1) is 5.92 Å². The predicted octanol–water partition coefficient (Wildman–Crippen LogP) is 2.44. The zero-order valence-electron chi connectivity index (χ0n) is 13.4. The van der Waals surface area contributed by atoms with E-state index in [9.17, 15) is 0 Å². The molecule has 21 heavy (non-hydrogen) atoms. The summed E-state index contributed by atoms with van der Waals surface area (Å²) in [6, 6.07) is 8.44. The normalized spacial score (nSPS) is 22.8. The molecule has 1 fully saturated rings. The van der Waals surface area contributed by atoms with Gasteiger partial charge >= 0.3 is 0 Å². The minimum absolute atomic E-state index is 0.0252. The van der Waals surface area contributed by atoms with E-state index in [-0.39, 0.29) is 6.04 Å². The molecular formula is C17H28N2O2. The van der Waals surface area contributed by atoms with Gasteiger partial charge in [-0.25, -0.2) is 0 Å². The first-order valence-corrected chi connectivity index (χ1v) is 7.78. The molecule has 1 aliphatic rings. The Bertz CT molecular complexity index is 419. The summed E-state index contributed by atoms with van der Waals surface area (Å²) in [5.74, 6) is 1.51. The molecule has 1 aromatic rings. The monoisotopic (exact) mass is 292 g/mol. The fraction of sp³-hybridized carbons (Fsp3) is 0.647. The summed E-state index contributed by atoms with van der Waals surface area (Å²) >= 11 is 0. The number of hydrogen-bond acceptors (Lipinski definition) is 4. The summed E-state index contributed by atoms with van der Waals surface area (Å²) in [6.45, 7) is 5.29. The number of nitrogens with zero attached hydrogens (tertiary/aromatic N) is 1. The lowest BCUT2D eigenvalue weighted by Crippen LogP contribution is -2.46. The quantitative estimate of drug-likeness (QED) is 0.875. The van der Waals surface area contributed by atoms with Crippen LogP contribution in [0.25, 0.3) is 0 Å². The summed E-state index contributed by atoms with van der Waals surface area (Å²) in [5.41, 5.74) is 7.63. The molecule has 2 N–H and O–H groups in total. The Kier molecular flexibility index (Phi) is 6.03. The Morgan fingerprint density at radius 3 is 2.62 bits per heavy atom. The minimum Gasteiger partial charge on any atom is -0.497 e. The van der Waals surface area contributed by atoms with Crippen molar-refractivity contribution in [3.8, 4) is 5.75 Å². The van der Waals surface area contributed by atoms with E-state index < -0.39 is 0 Å². The van der Waals surface area contributed by atoms with Gasteiger partial charge in [0.2, 0.25) is 0 Å². The van der Waals surface area contributed by atoms with Gasteiger partial charge in [0, 0.05) is 25.7 Å². The fourth-order valence-electron chi connectivity index (χ4n) is 3.17. The van der Waals surface area contributed by atoms with Gasteiger partial charge in [0.25, 0.3) is 0 Å². The van der Waals surface area contributed by atoms with Gasteiger partial charge < -0.3 is 15.2 Å². The van der Waals surface area contributed by atoms with Gasteiger partial charge in [0.1, 0.15) is 5.75 Å². The first kappa shape index (κ1) is 16.3. The lowest BCUT2D eigenvalue weighted by Gasteiger charge is -2.39. The number of rotatable bonds is 6. The van der Waals surface area contributed by atoms with E-state index in [2.05, 4.69) is 24.0 Å². The standard InChI is InChI=1S/C17H28N2O2/c1-13(19-10-4-5-14(11-19)12-20-2)17(18)15-6-8-16(21-3)9-7-15/h6-9,13-14,17H,4-5,10-12,18H2,1-3H3. The van der Waals surface area contributed by atoms with Crippen molar-refractivity contribution in [1.82, 2.24) is 4.90 Å². The highest BCUT2D eigenvalue weighted by atomic mass is 16.5. The number of nitrogens with two attached hydrogens (primary N) is 1. The van der Waals surface area contributed by atoms with Crippen molar-refractivity contribution >= 4 is 0 Å². The Morgan fingerprint density at radius 1 is 1.29 bits per heavy atom. The van der Waals surface area contributed by atoms with E-state index >= 15 is 0 Å². The molecule has 1 saturated heterocycles. The molecule has 118 valence electrons. The van der Waals surface area contributed by atoms with Gasteiger partial charge in [-0.15, -0.1) is 0 Å². The molecule has 0 aliphatic carbocycles. The second-order valence-corrected chi connectivity index (χ2v) is 6.00. The molecule has 0 spiro atoms. The number of hydrogen-bond donors (Lipinski definition) is 1. The molecule has 3 unspecified atom stereocenters. The van der Waals surface area contributed by atoms with E-state index in [1.165, 1.54) is 12.8 Å². The molecule has 0 amide bonds. The summed E-state index contributed by atoms with van der Waals surface area (Å²) in [6.07, 6.45) is 2.49. The molecule has 0 aromatic heterocycles. The largest absolute Gasteiger partial charge is 0.497 e. The van der Waals surface area contributed by atoms with Crippen LogP contribution >= 0.6 is 0 Å². The lowest BCUT2D eigenvalue weighted by atomic mass is 9.94. The third-order valence-corrected chi connectivity index (χ3v) is 4.55. The third kappa shape index (κ3) is 4.19. The van der Waals surface area contributed by atoms with Crippen LogP contribution in [0.3, 0.4) is 0 Å². The maximum Gasteiger partial charge on any atom is 0.118 e. The molecule has 2 rings (SSSR count). The molecule has 4 heteroatoms. The molecule has 0 saturated carbocycles. The maximum absolute atomic E-state index is 6.47. The SMILES string of the molecule is COCC1CCCN(C(C)C(N)c2ccc(OC)cc2)C1. The Hall–Kier alpha value is -1.10. The highest BCUT2D eigenvalue weighted by Crippen LogP contribution is 2.25. The Balaban J connectivity index is 1.98. The molecule has 0 bridgehead atoms. The van der Waals surface area contributed by atoms with Crippen molar-refractivity contribution in [3.05, 3.63) is 29.8 Å². The summed E-state index contributed by atoms with van der Waals surface area (Å²) < 4.78 is 10.5. The fourth-order valence-corrected chi connectivity index (χ4v) is 3.17. The summed E-state index contributed by atoms with van der Waals surface area (Å²) in [5, 5.41) is 0.